The Hall–Kier alpha value is -2.70. The molecule has 0 radical (unpaired) electrons. The van der Waals surface area contributed by atoms with Gasteiger partial charge in [0.1, 0.15) is 5.69 Å². The molecule has 1 unspecified atom stereocenters. The number of aryl methyl sites for hydroxylation is 2. The molecule has 146 valence electrons. The number of para-hydroxylation sites is 1. The highest BCUT2D eigenvalue weighted by atomic mass is 16.5. The molecule has 3 heterocycles. The Kier molecular flexibility index (Phi) is 5.41. The van der Waals surface area contributed by atoms with Gasteiger partial charge in [-0.1, -0.05) is 24.3 Å². The van der Waals surface area contributed by atoms with Crippen LogP contribution in [0.25, 0.3) is 10.9 Å². The Morgan fingerprint density at radius 1 is 1.25 bits per heavy atom. The van der Waals surface area contributed by atoms with Gasteiger partial charge in [0.25, 0.3) is 5.91 Å². The van der Waals surface area contributed by atoms with E-state index in [1.54, 1.807) is 6.20 Å². The minimum atomic E-state index is -0.0553. The monoisotopic (exact) mass is 378 g/mol. The molecule has 0 bridgehead atoms. The highest BCUT2D eigenvalue weighted by molar-refractivity contribution is 5.99. The van der Waals surface area contributed by atoms with Gasteiger partial charge in [-0.15, -0.1) is 0 Å². The van der Waals surface area contributed by atoms with Crippen LogP contribution >= 0.6 is 0 Å². The van der Waals surface area contributed by atoms with Gasteiger partial charge in [0, 0.05) is 44.5 Å². The molecule has 1 aliphatic heterocycles. The second kappa shape index (κ2) is 8.12. The van der Waals surface area contributed by atoms with Gasteiger partial charge in [0.2, 0.25) is 0 Å². The molecule has 4 rings (SSSR count). The Labute approximate surface area is 165 Å². The van der Waals surface area contributed by atoms with Crippen molar-refractivity contribution in [3.63, 3.8) is 0 Å². The molecule has 1 N–H and O–H groups in total. The predicted octanol–water partition coefficient (Wildman–Crippen LogP) is 2.69. The normalized spacial score (nSPS) is 16.2. The van der Waals surface area contributed by atoms with Gasteiger partial charge in [-0.05, 0) is 30.2 Å². The van der Waals surface area contributed by atoms with Crippen molar-refractivity contribution in [1.29, 1.82) is 0 Å². The van der Waals surface area contributed by atoms with Crippen LogP contribution in [-0.2, 0) is 11.8 Å². The lowest BCUT2D eigenvalue weighted by molar-refractivity contribution is 0.0161. The predicted molar refractivity (Wildman–Crippen MR) is 109 cm³/mol. The first-order chi connectivity index (χ1) is 13.6. The van der Waals surface area contributed by atoms with E-state index in [0.29, 0.717) is 25.5 Å². The van der Waals surface area contributed by atoms with Gasteiger partial charge >= 0.3 is 0 Å². The molecule has 0 aliphatic carbocycles. The summed E-state index contributed by atoms with van der Waals surface area (Å²) in [5.41, 5.74) is 4.05. The van der Waals surface area contributed by atoms with E-state index in [1.165, 1.54) is 5.56 Å². The third kappa shape index (κ3) is 3.66. The average Bonchev–Trinajstić information content (AvgIpc) is 3.07. The van der Waals surface area contributed by atoms with Crippen molar-refractivity contribution >= 4 is 16.8 Å². The number of carbonyl (C=O) groups is 1. The van der Waals surface area contributed by atoms with Gasteiger partial charge in [0.05, 0.1) is 24.8 Å². The minimum Gasteiger partial charge on any atom is -0.379 e. The lowest BCUT2D eigenvalue weighted by atomic mass is 10.1. The Bertz CT molecular complexity index is 961. The molecular weight excluding hydrogens is 352 g/mol. The van der Waals surface area contributed by atoms with Gasteiger partial charge in [-0.25, -0.2) is 0 Å². The fourth-order valence-corrected chi connectivity index (χ4v) is 4.04. The number of benzene rings is 1. The lowest BCUT2D eigenvalue weighted by Gasteiger charge is -2.34. The van der Waals surface area contributed by atoms with Crippen LogP contribution in [0.1, 0.15) is 27.7 Å². The number of hydrogen-bond donors (Lipinski definition) is 1. The van der Waals surface area contributed by atoms with E-state index in [2.05, 4.69) is 34.3 Å². The standard InChI is InChI=1S/C22H26N4O2/c1-16-5-3-6-17-13-19(25(2)21(16)17)22(27)24-15-20(18-7-4-8-23-14-18)26-9-11-28-12-10-26/h3-8,13-14,20H,9-12,15H2,1-2H3,(H,24,27). The fourth-order valence-electron chi connectivity index (χ4n) is 4.04. The zero-order valence-electron chi connectivity index (χ0n) is 16.4. The smallest absolute Gasteiger partial charge is 0.267 e. The van der Waals surface area contributed by atoms with Crippen LogP contribution in [0, 0.1) is 6.92 Å². The number of morpholine rings is 1. The van der Waals surface area contributed by atoms with E-state index in [1.807, 2.05) is 42.1 Å². The number of aromatic nitrogens is 2. The third-order valence-electron chi connectivity index (χ3n) is 5.50. The number of nitrogens with one attached hydrogen (secondary N) is 1. The number of carbonyl (C=O) groups excluding carboxylic acids is 1. The second-order valence-electron chi connectivity index (χ2n) is 7.26. The van der Waals surface area contributed by atoms with E-state index in [0.717, 1.165) is 29.6 Å². The fraction of sp³-hybridized carbons (Fsp3) is 0.364. The van der Waals surface area contributed by atoms with Crippen LogP contribution in [0.5, 0.6) is 0 Å². The van der Waals surface area contributed by atoms with Crippen LogP contribution < -0.4 is 5.32 Å². The van der Waals surface area contributed by atoms with Crippen molar-refractivity contribution in [3.8, 4) is 0 Å². The molecule has 1 atom stereocenters. The maximum absolute atomic E-state index is 13.0. The Morgan fingerprint density at radius 2 is 2.07 bits per heavy atom. The minimum absolute atomic E-state index is 0.0553. The maximum Gasteiger partial charge on any atom is 0.267 e. The van der Waals surface area contributed by atoms with Crippen molar-refractivity contribution in [2.75, 3.05) is 32.8 Å². The molecule has 2 aromatic heterocycles. The van der Waals surface area contributed by atoms with Gasteiger partial charge in [0.15, 0.2) is 0 Å². The summed E-state index contributed by atoms with van der Waals surface area (Å²) in [7, 11) is 1.95. The van der Waals surface area contributed by atoms with E-state index < -0.39 is 0 Å². The molecule has 28 heavy (non-hydrogen) atoms. The van der Waals surface area contributed by atoms with E-state index >= 15 is 0 Å². The number of ether oxygens (including phenoxy) is 1. The van der Waals surface area contributed by atoms with Gasteiger partial charge < -0.3 is 14.6 Å². The average molecular weight is 378 g/mol. The molecule has 1 amide bonds. The molecule has 6 heteroatoms. The number of hydrogen-bond acceptors (Lipinski definition) is 4. The summed E-state index contributed by atoms with van der Waals surface area (Å²) in [6.07, 6.45) is 3.66. The van der Waals surface area contributed by atoms with Crippen LogP contribution in [0.3, 0.4) is 0 Å². The first-order valence-electron chi connectivity index (χ1n) is 9.70. The van der Waals surface area contributed by atoms with Crippen molar-refractivity contribution < 1.29 is 9.53 Å². The number of pyridine rings is 1. The van der Waals surface area contributed by atoms with Crippen molar-refractivity contribution in [3.05, 3.63) is 65.6 Å². The van der Waals surface area contributed by atoms with E-state index in [9.17, 15) is 4.79 Å². The highest BCUT2D eigenvalue weighted by Crippen LogP contribution is 2.23. The van der Waals surface area contributed by atoms with Gasteiger partial charge in [-0.2, -0.15) is 0 Å². The summed E-state index contributed by atoms with van der Waals surface area (Å²) in [6.45, 7) is 5.73. The van der Waals surface area contributed by atoms with Crippen LogP contribution in [0.2, 0.25) is 0 Å². The molecule has 1 saturated heterocycles. The molecule has 1 aliphatic rings. The Balaban J connectivity index is 1.54. The summed E-state index contributed by atoms with van der Waals surface area (Å²) in [5, 5.41) is 4.23. The maximum atomic E-state index is 13.0. The molecule has 6 nitrogen and oxygen atoms in total. The third-order valence-corrected chi connectivity index (χ3v) is 5.50. The molecule has 0 spiro atoms. The van der Waals surface area contributed by atoms with Crippen LogP contribution in [0.15, 0.2) is 48.8 Å². The van der Waals surface area contributed by atoms with Crippen molar-refractivity contribution in [1.82, 2.24) is 19.8 Å². The lowest BCUT2D eigenvalue weighted by Crippen LogP contribution is -2.44. The Morgan fingerprint density at radius 3 is 2.79 bits per heavy atom. The molecule has 1 aromatic carbocycles. The number of amides is 1. The quantitative estimate of drug-likeness (QED) is 0.742. The van der Waals surface area contributed by atoms with Crippen LogP contribution in [-0.4, -0.2) is 53.2 Å². The number of nitrogens with zero attached hydrogens (tertiary/aromatic N) is 3. The molecular formula is C22H26N4O2. The first kappa shape index (κ1) is 18.7. The summed E-state index contributed by atoms with van der Waals surface area (Å²) in [4.78, 5) is 19.6. The van der Waals surface area contributed by atoms with Crippen molar-refractivity contribution in [2.45, 2.75) is 13.0 Å². The largest absolute Gasteiger partial charge is 0.379 e. The summed E-state index contributed by atoms with van der Waals surface area (Å²) < 4.78 is 7.47. The summed E-state index contributed by atoms with van der Waals surface area (Å²) in [5.74, 6) is -0.0553. The highest BCUT2D eigenvalue weighted by Gasteiger charge is 2.24. The number of fused-ring (bicyclic) bond motifs is 1. The van der Waals surface area contributed by atoms with E-state index in [4.69, 9.17) is 4.74 Å². The zero-order valence-corrected chi connectivity index (χ0v) is 16.4. The molecule has 1 fully saturated rings. The molecule has 3 aromatic rings. The van der Waals surface area contributed by atoms with Crippen molar-refractivity contribution in [2.24, 2.45) is 7.05 Å². The molecule has 0 saturated carbocycles. The second-order valence-corrected chi connectivity index (χ2v) is 7.26. The zero-order chi connectivity index (χ0) is 19.5. The number of rotatable bonds is 5. The summed E-state index contributed by atoms with van der Waals surface area (Å²) in [6, 6.07) is 12.2. The topological polar surface area (TPSA) is 59.4 Å². The van der Waals surface area contributed by atoms with Gasteiger partial charge in [-0.3, -0.25) is 14.7 Å². The first-order valence-corrected chi connectivity index (χ1v) is 9.70. The van der Waals surface area contributed by atoms with E-state index in [-0.39, 0.29) is 11.9 Å². The SMILES string of the molecule is Cc1cccc2cc(C(=O)NCC(c3cccnc3)N3CCOCC3)n(C)c12. The van der Waals surface area contributed by atoms with Crippen LogP contribution in [0.4, 0.5) is 0 Å². The summed E-state index contributed by atoms with van der Waals surface area (Å²) >= 11 is 0.